The molecule has 0 N–H and O–H groups in total. The Balaban J connectivity index is 0.000000246. The molecule has 2 aromatic carbocycles. The van der Waals surface area contributed by atoms with Gasteiger partial charge in [0.2, 0.25) is 0 Å². The molecule has 0 fully saturated rings. The second kappa shape index (κ2) is 8.27. The quantitative estimate of drug-likeness (QED) is 0.639. The highest BCUT2D eigenvalue weighted by atomic mass is 35.5. The van der Waals surface area contributed by atoms with Crippen molar-refractivity contribution < 1.29 is 4.79 Å². The number of aromatic nitrogens is 2. The molecule has 0 atom stereocenters. The lowest BCUT2D eigenvalue weighted by Gasteiger charge is -2.04. The number of carbonyl (C=O) groups is 1. The van der Waals surface area contributed by atoms with Gasteiger partial charge in [-0.05, 0) is 30.3 Å². The van der Waals surface area contributed by atoms with Gasteiger partial charge in [-0.3, -0.25) is 4.79 Å². The summed E-state index contributed by atoms with van der Waals surface area (Å²) >= 11 is 11.9. The van der Waals surface area contributed by atoms with Gasteiger partial charge in [-0.25, -0.2) is 9.97 Å². The zero-order chi connectivity index (χ0) is 15.8. The summed E-state index contributed by atoms with van der Waals surface area (Å²) in [5, 5.41) is 0.875. The van der Waals surface area contributed by atoms with Crippen LogP contribution < -0.4 is 0 Å². The topological polar surface area (TPSA) is 42.9 Å². The average molecular weight is 331 g/mol. The first kappa shape index (κ1) is 16.1. The normalized spacial score (nSPS) is 9.55. The largest absolute Gasteiger partial charge is 0.288 e. The average Bonchev–Trinajstić information content (AvgIpc) is 2.57. The Morgan fingerprint density at radius 1 is 0.727 bits per heavy atom. The van der Waals surface area contributed by atoms with Gasteiger partial charge in [0, 0.05) is 23.5 Å². The van der Waals surface area contributed by atoms with Gasteiger partial charge >= 0.3 is 0 Å². The van der Waals surface area contributed by atoms with Crippen LogP contribution in [-0.4, -0.2) is 15.8 Å². The number of hydrogen-bond acceptors (Lipinski definition) is 3. The van der Waals surface area contributed by atoms with Gasteiger partial charge < -0.3 is 0 Å². The van der Waals surface area contributed by atoms with E-state index in [0.717, 1.165) is 0 Å². The molecule has 0 unspecified atom stereocenters. The maximum atomic E-state index is 12.1. The Hall–Kier alpha value is -2.23. The molecule has 5 heteroatoms. The van der Waals surface area contributed by atoms with Crippen LogP contribution in [0.25, 0.3) is 0 Å². The summed E-state index contributed by atoms with van der Waals surface area (Å²) in [7, 11) is 0. The molecule has 0 saturated carbocycles. The molecule has 1 heterocycles. The van der Waals surface area contributed by atoms with E-state index in [1.54, 1.807) is 67.0 Å². The molecule has 0 radical (unpaired) electrons. The zero-order valence-corrected chi connectivity index (χ0v) is 13.0. The first-order chi connectivity index (χ1) is 10.7. The van der Waals surface area contributed by atoms with Gasteiger partial charge in [0.25, 0.3) is 0 Å². The Kier molecular flexibility index (Phi) is 6.07. The van der Waals surface area contributed by atoms with E-state index in [-0.39, 0.29) is 5.78 Å². The molecule has 0 aliphatic carbocycles. The highest BCUT2D eigenvalue weighted by molar-refractivity contribution is 6.38. The Morgan fingerprint density at radius 3 is 1.50 bits per heavy atom. The summed E-state index contributed by atoms with van der Waals surface area (Å²) in [6.45, 7) is 0. The molecule has 0 spiro atoms. The fraction of sp³-hybridized carbons (Fsp3) is 0. The first-order valence-electron chi connectivity index (χ1n) is 6.44. The maximum absolute atomic E-state index is 12.1. The molecule has 3 aromatic rings. The van der Waals surface area contributed by atoms with Crippen LogP contribution in [0.4, 0.5) is 0 Å². The third-order valence-corrected chi connectivity index (χ3v) is 3.37. The molecule has 3 nitrogen and oxygen atoms in total. The summed E-state index contributed by atoms with van der Waals surface area (Å²) in [6.07, 6.45) is 4.88. The Morgan fingerprint density at radius 2 is 1.18 bits per heavy atom. The molecular weight excluding hydrogens is 319 g/mol. The van der Waals surface area contributed by atoms with Crippen LogP contribution in [0, 0.1) is 0 Å². The van der Waals surface area contributed by atoms with Gasteiger partial charge in [-0.15, -0.1) is 0 Å². The van der Waals surface area contributed by atoms with E-state index in [4.69, 9.17) is 23.2 Å². The number of nitrogens with zero attached hydrogens (tertiary/aromatic N) is 2. The molecule has 0 aliphatic heterocycles. The summed E-state index contributed by atoms with van der Waals surface area (Å²) in [6, 6.07) is 15.6. The highest BCUT2D eigenvalue weighted by Crippen LogP contribution is 2.23. The Labute approximate surface area is 138 Å². The van der Waals surface area contributed by atoms with Crippen LogP contribution in [0.3, 0.4) is 0 Å². The van der Waals surface area contributed by atoms with Crippen LogP contribution in [0.5, 0.6) is 0 Å². The summed E-state index contributed by atoms with van der Waals surface area (Å²) in [4.78, 5) is 19.5. The number of hydrogen-bond donors (Lipinski definition) is 0. The van der Waals surface area contributed by atoms with Gasteiger partial charge in [0.15, 0.2) is 5.78 Å². The summed E-state index contributed by atoms with van der Waals surface area (Å²) in [5.74, 6) is -0.156. The minimum Gasteiger partial charge on any atom is -0.288 e. The van der Waals surface area contributed by atoms with Crippen molar-refractivity contribution in [3.8, 4) is 0 Å². The second-order valence-electron chi connectivity index (χ2n) is 4.19. The van der Waals surface area contributed by atoms with Crippen molar-refractivity contribution in [3.63, 3.8) is 0 Å². The minimum absolute atomic E-state index is 0.156. The molecule has 110 valence electrons. The van der Waals surface area contributed by atoms with Crippen LogP contribution in [-0.2, 0) is 0 Å². The van der Waals surface area contributed by atoms with Crippen LogP contribution in [0.1, 0.15) is 15.9 Å². The van der Waals surface area contributed by atoms with E-state index in [1.807, 2.05) is 0 Å². The van der Waals surface area contributed by atoms with Gasteiger partial charge in [0.05, 0.1) is 10.0 Å². The third kappa shape index (κ3) is 4.38. The van der Waals surface area contributed by atoms with Crippen molar-refractivity contribution >= 4 is 29.0 Å². The monoisotopic (exact) mass is 330 g/mol. The fourth-order valence-corrected chi connectivity index (χ4v) is 2.13. The highest BCUT2D eigenvalue weighted by Gasteiger charge is 2.14. The molecular formula is C17H12Cl2N2O. The predicted octanol–water partition coefficient (Wildman–Crippen LogP) is 4.70. The van der Waals surface area contributed by atoms with Crippen LogP contribution >= 0.6 is 23.2 Å². The summed E-state index contributed by atoms with van der Waals surface area (Å²) in [5.41, 5.74) is 0.939. The van der Waals surface area contributed by atoms with E-state index in [0.29, 0.717) is 21.2 Å². The van der Waals surface area contributed by atoms with Crippen molar-refractivity contribution in [1.82, 2.24) is 9.97 Å². The lowest BCUT2D eigenvalue weighted by atomic mass is 10.0. The standard InChI is InChI=1S/C13H8Cl2O.C4H4N2/c14-11-7-3-1-5-9(11)13(16)10-6-2-4-8-12(10)15;1-2-5-4-6-3-1/h1-8H;1-4H. The second-order valence-corrected chi connectivity index (χ2v) is 5.01. The maximum Gasteiger partial charge on any atom is 0.196 e. The number of rotatable bonds is 2. The number of halogens is 2. The summed E-state index contributed by atoms with van der Waals surface area (Å²) < 4.78 is 0. The van der Waals surface area contributed by atoms with Crippen molar-refractivity contribution in [2.75, 3.05) is 0 Å². The third-order valence-electron chi connectivity index (χ3n) is 2.71. The van der Waals surface area contributed by atoms with E-state index >= 15 is 0 Å². The van der Waals surface area contributed by atoms with Gasteiger partial charge in [0.1, 0.15) is 6.33 Å². The van der Waals surface area contributed by atoms with Gasteiger partial charge in [-0.2, -0.15) is 0 Å². The SMILES string of the molecule is O=C(c1ccccc1Cl)c1ccccc1Cl.c1cncnc1. The number of carbonyl (C=O) groups excluding carboxylic acids is 1. The predicted molar refractivity (Wildman–Crippen MR) is 88.4 cm³/mol. The van der Waals surface area contributed by atoms with Crippen molar-refractivity contribution in [1.29, 1.82) is 0 Å². The van der Waals surface area contributed by atoms with Crippen molar-refractivity contribution in [2.45, 2.75) is 0 Å². The fourth-order valence-electron chi connectivity index (χ4n) is 1.69. The number of ketones is 1. The molecule has 3 rings (SSSR count). The first-order valence-corrected chi connectivity index (χ1v) is 7.19. The van der Waals surface area contributed by atoms with E-state index < -0.39 is 0 Å². The van der Waals surface area contributed by atoms with E-state index in [2.05, 4.69) is 9.97 Å². The number of benzene rings is 2. The molecule has 1 aromatic heterocycles. The molecule has 0 aliphatic rings. The van der Waals surface area contributed by atoms with E-state index in [1.165, 1.54) is 6.33 Å². The lowest BCUT2D eigenvalue weighted by Crippen LogP contribution is -2.02. The molecule has 0 amide bonds. The van der Waals surface area contributed by atoms with Crippen molar-refractivity contribution in [2.24, 2.45) is 0 Å². The smallest absolute Gasteiger partial charge is 0.196 e. The van der Waals surface area contributed by atoms with Crippen LogP contribution in [0.2, 0.25) is 10.0 Å². The molecule has 0 saturated heterocycles. The van der Waals surface area contributed by atoms with E-state index in [9.17, 15) is 4.79 Å². The molecule has 22 heavy (non-hydrogen) atoms. The van der Waals surface area contributed by atoms with Gasteiger partial charge in [-0.1, -0.05) is 47.5 Å². The van der Waals surface area contributed by atoms with Crippen LogP contribution in [0.15, 0.2) is 73.3 Å². The minimum atomic E-state index is -0.156. The zero-order valence-electron chi connectivity index (χ0n) is 11.5. The lowest BCUT2D eigenvalue weighted by molar-refractivity contribution is 0.103. The molecule has 0 bridgehead atoms. The van der Waals surface area contributed by atoms with Crippen molar-refractivity contribution in [3.05, 3.63) is 94.5 Å². The Bertz CT molecular complexity index is 674.